The van der Waals surface area contributed by atoms with Gasteiger partial charge in [-0.25, -0.2) is 4.39 Å². The SMILES string of the molecule is O=C(N[C@@H]1CCCc2ccccc21)C1CCN(c2ccc(=O)n(-c3ccc(F)cc3)n2)CC1. The van der Waals surface area contributed by atoms with Crippen LogP contribution in [0.5, 0.6) is 0 Å². The van der Waals surface area contributed by atoms with Crippen molar-refractivity contribution in [3.05, 3.63) is 88.0 Å². The summed E-state index contributed by atoms with van der Waals surface area (Å²) in [5.41, 5.74) is 2.84. The first-order chi connectivity index (χ1) is 16.1. The minimum atomic E-state index is -0.361. The van der Waals surface area contributed by atoms with Crippen molar-refractivity contribution in [1.29, 1.82) is 0 Å². The van der Waals surface area contributed by atoms with Crippen molar-refractivity contribution in [2.24, 2.45) is 5.92 Å². The lowest BCUT2D eigenvalue weighted by Gasteiger charge is -2.34. The lowest BCUT2D eigenvalue weighted by atomic mass is 9.87. The molecule has 1 N–H and O–H groups in total. The van der Waals surface area contributed by atoms with E-state index < -0.39 is 0 Å². The molecule has 1 aliphatic heterocycles. The molecular formula is C26H27FN4O2. The van der Waals surface area contributed by atoms with Crippen molar-refractivity contribution < 1.29 is 9.18 Å². The second-order valence-corrected chi connectivity index (χ2v) is 8.83. The number of aromatic nitrogens is 2. The summed E-state index contributed by atoms with van der Waals surface area (Å²) in [4.78, 5) is 27.4. The van der Waals surface area contributed by atoms with Gasteiger partial charge in [-0.05, 0) is 73.6 Å². The van der Waals surface area contributed by atoms with E-state index in [1.165, 1.54) is 46.1 Å². The van der Waals surface area contributed by atoms with Crippen LogP contribution in [0.4, 0.5) is 10.2 Å². The molecule has 5 rings (SSSR count). The standard InChI is InChI=1S/C26H27FN4O2/c27-20-8-10-21(11-9-20)31-25(32)13-12-24(29-31)30-16-14-19(15-17-30)26(33)28-23-7-3-5-18-4-1-2-6-22(18)23/h1-2,4,6,8-13,19,23H,3,5,7,14-17H2,(H,28,33)/t23-/m1/s1. The molecule has 0 radical (unpaired) electrons. The van der Waals surface area contributed by atoms with Crippen molar-refractivity contribution in [3.8, 4) is 5.69 Å². The fourth-order valence-corrected chi connectivity index (χ4v) is 4.90. The summed E-state index contributed by atoms with van der Waals surface area (Å²) in [7, 11) is 0. The molecule has 3 aromatic rings. The Balaban J connectivity index is 1.23. The minimum Gasteiger partial charge on any atom is -0.355 e. The number of hydrogen-bond donors (Lipinski definition) is 1. The van der Waals surface area contributed by atoms with Gasteiger partial charge in [0.2, 0.25) is 5.91 Å². The van der Waals surface area contributed by atoms with E-state index in [-0.39, 0.29) is 29.2 Å². The van der Waals surface area contributed by atoms with E-state index in [0.29, 0.717) is 24.6 Å². The van der Waals surface area contributed by atoms with Gasteiger partial charge in [-0.1, -0.05) is 24.3 Å². The van der Waals surface area contributed by atoms with Gasteiger partial charge >= 0.3 is 0 Å². The number of hydrogen-bond acceptors (Lipinski definition) is 4. The number of amides is 1. The predicted molar refractivity (Wildman–Crippen MR) is 125 cm³/mol. The molecule has 1 atom stereocenters. The molecule has 1 amide bonds. The van der Waals surface area contributed by atoms with E-state index in [2.05, 4.69) is 33.5 Å². The number of piperidine rings is 1. The highest BCUT2D eigenvalue weighted by Gasteiger charge is 2.29. The number of aryl methyl sites for hydroxylation is 1. The molecule has 0 saturated carbocycles. The highest BCUT2D eigenvalue weighted by atomic mass is 19.1. The molecule has 2 aliphatic rings. The van der Waals surface area contributed by atoms with Crippen LogP contribution in [-0.4, -0.2) is 28.8 Å². The van der Waals surface area contributed by atoms with E-state index >= 15 is 0 Å². The third kappa shape index (κ3) is 4.53. The van der Waals surface area contributed by atoms with E-state index in [1.54, 1.807) is 6.07 Å². The average molecular weight is 447 g/mol. The Morgan fingerprint density at radius 1 is 0.970 bits per heavy atom. The maximum absolute atomic E-state index is 13.2. The van der Waals surface area contributed by atoms with Crippen molar-refractivity contribution in [3.63, 3.8) is 0 Å². The topological polar surface area (TPSA) is 67.2 Å². The van der Waals surface area contributed by atoms with Crippen molar-refractivity contribution in [2.75, 3.05) is 18.0 Å². The monoisotopic (exact) mass is 446 g/mol. The van der Waals surface area contributed by atoms with E-state index in [9.17, 15) is 14.0 Å². The fourth-order valence-electron chi connectivity index (χ4n) is 4.90. The highest BCUT2D eigenvalue weighted by Crippen LogP contribution is 2.30. The van der Waals surface area contributed by atoms with Crippen LogP contribution >= 0.6 is 0 Å². The number of nitrogens with zero attached hydrogens (tertiary/aromatic N) is 3. The summed E-state index contributed by atoms with van der Waals surface area (Å²) in [5.74, 6) is 0.415. The average Bonchev–Trinajstić information content (AvgIpc) is 2.85. The number of carbonyl (C=O) groups is 1. The van der Waals surface area contributed by atoms with Crippen molar-refractivity contribution >= 4 is 11.7 Å². The van der Waals surface area contributed by atoms with Gasteiger partial charge in [-0.15, -0.1) is 5.10 Å². The molecule has 1 saturated heterocycles. The van der Waals surface area contributed by atoms with Gasteiger partial charge in [0.05, 0.1) is 11.7 Å². The summed E-state index contributed by atoms with van der Waals surface area (Å²) < 4.78 is 14.5. The molecule has 0 unspecified atom stereocenters. The normalized spacial score (nSPS) is 18.6. The van der Waals surface area contributed by atoms with E-state index in [0.717, 1.165) is 32.1 Å². The zero-order valence-corrected chi connectivity index (χ0v) is 18.4. The molecule has 0 bridgehead atoms. The van der Waals surface area contributed by atoms with Crippen molar-refractivity contribution in [1.82, 2.24) is 15.1 Å². The molecule has 2 aromatic carbocycles. The molecule has 1 aromatic heterocycles. The number of rotatable bonds is 4. The number of anilines is 1. The second kappa shape index (κ2) is 9.17. The second-order valence-electron chi connectivity index (χ2n) is 8.83. The van der Waals surface area contributed by atoms with Crippen LogP contribution in [-0.2, 0) is 11.2 Å². The number of nitrogens with one attached hydrogen (secondary N) is 1. The summed E-state index contributed by atoms with van der Waals surface area (Å²) in [6.45, 7) is 1.38. The van der Waals surface area contributed by atoms with Gasteiger partial charge in [0.1, 0.15) is 11.6 Å². The fraction of sp³-hybridized carbons (Fsp3) is 0.346. The van der Waals surface area contributed by atoms with Gasteiger partial charge < -0.3 is 10.2 Å². The molecule has 1 aliphatic carbocycles. The van der Waals surface area contributed by atoms with Gasteiger partial charge in [0.25, 0.3) is 5.56 Å². The lowest BCUT2D eigenvalue weighted by molar-refractivity contribution is -0.126. The van der Waals surface area contributed by atoms with Crippen molar-refractivity contribution in [2.45, 2.75) is 38.1 Å². The molecular weight excluding hydrogens is 419 g/mol. The van der Waals surface area contributed by atoms with Crippen LogP contribution in [0.3, 0.4) is 0 Å². The van der Waals surface area contributed by atoms with Crippen LogP contribution in [0.2, 0.25) is 0 Å². The van der Waals surface area contributed by atoms with Crippen LogP contribution < -0.4 is 15.8 Å². The maximum Gasteiger partial charge on any atom is 0.271 e. The first-order valence-electron chi connectivity index (χ1n) is 11.6. The zero-order chi connectivity index (χ0) is 22.8. The predicted octanol–water partition coefficient (Wildman–Crippen LogP) is 3.78. The van der Waals surface area contributed by atoms with Gasteiger partial charge in [0.15, 0.2) is 0 Å². The highest BCUT2D eigenvalue weighted by molar-refractivity contribution is 5.79. The molecule has 170 valence electrons. The smallest absolute Gasteiger partial charge is 0.271 e. The molecule has 2 heterocycles. The van der Waals surface area contributed by atoms with E-state index in [1.807, 2.05) is 6.07 Å². The number of benzene rings is 2. The summed E-state index contributed by atoms with van der Waals surface area (Å²) >= 11 is 0. The number of carbonyl (C=O) groups excluding carboxylic acids is 1. The Morgan fingerprint density at radius 3 is 2.52 bits per heavy atom. The summed E-state index contributed by atoms with van der Waals surface area (Å²) in [6, 6.07) is 17.4. The Hall–Kier alpha value is -3.48. The van der Waals surface area contributed by atoms with Crippen LogP contribution in [0, 0.1) is 11.7 Å². The van der Waals surface area contributed by atoms with Crippen LogP contribution in [0.1, 0.15) is 42.9 Å². The molecule has 7 heteroatoms. The van der Waals surface area contributed by atoms with Gasteiger partial charge in [0, 0.05) is 25.1 Å². The largest absolute Gasteiger partial charge is 0.355 e. The third-order valence-electron chi connectivity index (χ3n) is 6.73. The first kappa shape index (κ1) is 21.4. The maximum atomic E-state index is 13.2. The Bertz CT molecular complexity index is 1200. The van der Waals surface area contributed by atoms with Crippen LogP contribution in [0.25, 0.3) is 5.69 Å². The molecule has 6 nitrogen and oxygen atoms in total. The van der Waals surface area contributed by atoms with E-state index in [4.69, 9.17) is 0 Å². The Labute approximate surface area is 192 Å². The zero-order valence-electron chi connectivity index (χ0n) is 18.4. The van der Waals surface area contributed by atoms with Gasteiger partial charge in [-0.3, -0.25) is 9.59 Å². The third-order valence-corrected chi connectivity index (χ3v) is 6.73. The minimum absolute atomic E-state index is 0.0293. The lowest BCUT2D eigenvalue weighted by Crippen LogP contribution is -2.42. The Kier molecular flexibility index (Phi) is 5.94. The van der Waals surface area contributed by atoms with Gasteiger partial charge in [-0.2, -0.15) is 4.68 Å². The quantitative estimate of drug-likeness (QED) is 0.662. The first-order valence-corrected chi connectivity index (χ1v) is 11.6. The Morgan fingerprint density at radius 2 is 1.73 bits per heavy atom. The molecule has 0 spiro atoms. The number of halogens is 1. The summed E-state index contributed by atoms with van der Waals surface area (Å²) in [5, 5.41) is 7.78. The number of fused-ring (bicyclic) bond motifs is 1. The molecule has 33 heavy (non-hydrogen) atoms. The van der Waals surface area contributed by atoms with Crippen LogP contribution in [0.15, 0.2) is 65.5 Å². The molecule has 1 fully saturated rings. The summed E-state index contributed by atoms with van der Waals surface area (Å²) in [6.07, 6.45) is 4.62.